The summed E-state index contributed by atoms with van der Waals surface area (Å²) >= 11 is 1.12. The van der Waals surface area contributed by atoms with Crippen LogP contribution in [0, 0.1) is 6.92 Å². The van der Waals surface area contributed by atoms with E-state index in [4.69, 9.17) is 4.74 Å². The molecular weight excluding hydrogens is 438 g/mol. The predicted molar refractivity (Wildman–Crippen MR) is 123 cm³/mol. The van der Waals surface area contributed by atoms with Gasteiger partial charge in [0.05, 0.1) is 28.7 Å². The smallest absolute Gasteiger partial charge is 0.308 e. The number of nitrogens with one attached hydrogen (secondary N) is 1. The van der Waals surface area contributed by atoms with Crippen LogP contribution in [0.15, 0.2) is 41.2 Å². The zero-order valence-electron chi connectivity index (χ0n) is 17.6. The molecule has 1 aliphatic heterocycles. The zero-order valence-corrected chi connectivity index (χ0v) is 19.2. The standard InChI is InChI=1S/C21H23N3O5S2/c1-12(2)24-16-8-6-14(10-19(16)30-21(24)26)22-20(25)18-11-23(31(4,27)28)15-7-5-13(3)9-17(15)29-18/h5-10,12,18H,11H2,1-4H3,(H,22,25)/t18-/m1/s1. The van der Waals surface area contributed by atoms with Gasteiger partial charge in [0.25, 0.3) is 5.91 Å². The summed E-state index contributed by atoms with van der Waals surface area (Å²) in [6, 6.07) is 10.5. The number of sulfonamides is 1. The van der Waals surface area contributed by atoms with Gasteiger partial charge in [0.1, 0.15) is 5.75 Å². The first kappa shape index (κ1) is 21.4. The summed E-state index contributed by atoms with van der Waals surface area (Å²) in [6.07, 6.45) is 0.0882. The summed E-state index contributed by atoms with van der Waals surface area (Å²) in [5.74, 6) is -0.115. The van der Waals surface area contributed by atoms with E-state index in [1.165, 1.54) is 4.31 Å². The lowest BCUT2D eigenvalue weighted by Crippen LogP contribution is -2.48. The number of benzene rings is 2. The van der Waals surface area contributed by atoms with Crippen LogP contribution >= 0.6 is 11.3 Å². The molecule has 0 fully saturated rings. The molecule has 2 aromatic carbocycles. The van der Waals surface area contributed by atoms with Crippen LogP contribution in [0.1, 0.15) is 25.5 Å². The van der Waals surface area contributed by atoms with Crippen molar-refractivity contribution in [3.05, 3.63) is 51.6 Å². The molecular formula is C21H23N3O5S2. The minimum Gasteiger partial charge on any atom is -0.476 e. The third-order valence-corrected chi connectivity index (χ3v) is 7.14. The van der Waals surface area contributed by atoms with Crippen LogP contribution in [0.4, 0.5) is 11.4 Å². The fraction of sp³-hybridized carbons (Fsp3) is 0.333. The first-order chi connectivity index (χ1) is 14.5. The van der Waals surface area contributed by atoms with Crippen molar-refractivity contribution in [2.24, 2.45) is 0 Å². The first-order valence-corrected chi connectivity index (χ1v) is 12.4. The van der Waals surface area contributed by atoms with Crippen molar-refractivity contribution in [2.75, 3.05) is 22.4 Å². The highest BCUT2D eigenvalue weighted by molar-refractivity contribution is 7.92. The lowest BCUT2D eigenvalue weighted by molar-refractivity contribution is -0.122. The quantitative estimate of drug-likeness (QED) is 0.644. The van der Waals surface area contributed by atoms with E-state index in [1.54, 1.807) is 41.0 Å². The highest BCUT2D eigenvalue weighted by atomic mass is 32.2. The third-order valence-electron chi connectivity index (χ3n) is 5.07. The van der Waals surface area contributed by atoms with Gasteiger partial charge in [0.15, 0.2) is 6.10 Å². The molecule has 8 nitrogen and oxygen atoms in total. The molecule has 164 valence electrons. The van der Waals surface area contributed by atoms with E-state index in [0.717, 1.165) is 33.4 Å². The van der Waals surface area contributed by atoms with Crippen molar-refractivity contribution in [1.29, 1.82) is 0 Å². The average Bonchev–Trinajstić information content (AvgIpc) is 3.01. The molecule has 0 unspecified atom stereocenters. The first-order valence-electron chi connectivity index (χ1n) is 9.75. The van der Waals surface area contributed by atoms with Gasteiger partial charge in [-0.2, -0.15) is 0 Å². The lowest BCUT2D eigenvalue weighted by atomic mass is 10.1. The van der Waals surface area contributed by atoms with Gasteiger partial charge < -0.3 is 10.1 Å². The van der Waals surface area contributed by atoms with Crippen LogP contribution in [-0.4, -0.2) is 37.8 Å². The van der Waals surface area contributed by atoms with E-state index in [9.17, 15) is 18.0 Å². The third kappa shape index (κ3) is 4.05. The minimum atomic E-state index is -3.59. The lowest BCUT2D eigenvalue weighted by Gasteiger charge is -2.34. The highest BCUT2D eigenvalue weighted by Gasteiger charge is 2.35. The van der Waals surface area contributed by atoms with Crippen molar-refractivity contribution in [2.45, 2.75) is 32.9 Å². The molecule has 0 aliphatic carbocycles. The number of ether oxygens (including phenoxy) is 1. The number of nitrogens with zero attached hydrogens (tertiary/aromatic N) is 2. The van der Waals surface area contributed by atoms with Gasteiger partial charge in [-0.05, 0) is 56.7 Å². The number of carbonyl (C=O) groups excluding carboxylic acids is 1. The Morgan fingerprint density at radius 3 is 2.65 bits per heavy atom. The molecule has 1 aliphatic rings. The van der Waals surface area contributed by atoms with Gasteiger partial charge in [0.2, 0.25) is 10.0 Å². The largest absolute Gasteiger partial charge is 0.476 e. The molecule has 31 heavy (non-hydrogen) atoms. The number of amides is 1. The molecule has 4 rings (SSSR count). The van der Waals surface area contributed by atoms with E-state index in [-0.39, 0.29) is 17.5 Å². The maximum atomic E-state index is 12.9. The van der Waals surface area contributed by atoms with Crippen molar-refractivity contribution < 1.29 is 17.9 Å². The van der Waals surface area contributed by atoms with E-state index in [0.29, 0.717) is 17.1 Å². The van der Waals surface area contributed by atoms with Crippen molar-refractivity contribution >= 4 is 48.9 Å². The number of hydrogen-bond acceptors (Lipinski definition) is 6. The molecule has 2 heterocycles. The van der Waals surface area contributed by atoms with E-state index in [1.807, 2.05) is 20.8 Å². The van der Waals surface area contributed by atoms with Gasteiger partial charge in [0, 0.05) is 11.7 Å². The fourth-order valence-corrected chi connectivity index (χ4v) is 5.60. The van der Waals surface area contributed by atoms with Crippen LogP contribution in [0.25, 0.3) is 10.2 Å². The average molecular weight is 462 g/mol. The number of aromatic nitrogens is 1. The normalized spacial score (nSPS) is 16.3. The fourth-order valence-electron chi connectivity index (χ4n) is 3.64. The van der Waals surface area contributed by atoms with Gasteiger partial charge in [-0.1, -0.05) is 17.4 Å². The summed E-state index contributed by atoms with van der Waals surface area (Å²) in [5, 5.41) is 2.79. The molecule has 0 radical (unpaired) electrons. The molecule has 1 amide bonds. The van der Waals surface area contributed by atoms with Gasteiger partial charge in [-0.15, -0.1) is 0 Å². The second-order valence-corrected chi connectivity index (χ2v) is 10.8. The van der Waals surface area contributed by atoms with Gasteiger partial charge in [-0.3, -0.25) is 18.5 Å². The Bertz CT molecular complexity index is 1340. The maximum Gasteiger partial charge on any atom is 0.308 e. The SMILES string of the molecule is Cc1ccc2c(c1)O[C@@H](C(=O)Nc1ccc3c(c1)sc(=O)n3C(C)C)CN2S(C)(=O)=O. The summed E-state index contributed by atoms with van der Waals surface area (Å²) in [6.45, 7) is 5.62. The maximum absolute atomic E-state index is 12.9. The predicted octanol–water partition coefficient (Wildman–Crippen LogP) is 3.12. The van der Waals surface area contributed by atoms with Crippen LogP contribution in [0.2, 0.25) is 0 Å². The summed E-state index contributed by atoms with van der Waals surface area (Å²) < 4.78 is 34.1. The van der Waals surface area contributed by atoms with Crippen LogP contribution in [0.3, 0.4) is 0 Å². The van der Waals surface area contributed by atoms with Crippen molar-refractivity contribution in [3.8, 4) is 5.75 Å². The molecule has 0 saturated carbocycles. The van der Waals surface area contributed by atoms with Crippen LogP contribution in [0.5, 0.6) is 5.75 Å². The molecule has 1 aromatic heterocycles. The van der Waals surface area contributed by atoms with Gasteiger partial charge in [-0.25, -0.2) is 8.42 Å². The molecule has 10 heteroatoms. The second kappa shape index (κ2) is 7.69. The van der Waals surface area contributed by atoms with E-state index < -0.39 is 22.0 Å². The Kier molecular flexibility index (Phi) is 5.30. The Hall–Kier alpha value is -2.85. The Labute approximate surface area is 184 Å². The number of anilines is 2. The minimum absolute atomic E-state index is 0.0304. The Balaban J connectivity index is 1.62. The van der Waals surface area contributed by atoms with E-state index in [2.05, 4.69) is 5.32 Å². The topological polar surface area (TPSA) is 97.7 Å². The summed E-state index contributed by atoms with van der Waals surface area (Å²) in [4.78, 5) is 25.1. The summed E-state index contributed by atoms with van der Waals surface area (Å²) in [5.41, 5.74) is 2.63. The van der Waals surface area contributed by atoms with Crippen LogP contribution < -0.4 is 19.2 Å². The number of fused-ring (bicyclic) bond motifs is 2. The molecule has 3 aromatic rings. The number of thiazole rings is 1. The number of aryl methyl sites for hydroxylation is 1. The Morgan fingerprint density at radius 2 is 1.97 bits per heavy atom. The second-order valence-electron chi connectivity index (χ2n) is 7.88. The monoisotopic (exact) mass is 461 g/mol. The molecule has 0 spiro atoms. The van der Waals surface area contributed by atoms with E-state index >= 15 is 0 Å². The van der Waals surface area contributed by atoms with Crippen molar-refractivity contribution in [3.63, 3.8) is 0 Å². The number of hydrogen-bond donors (Lipinski definition) is 1. The molecule has 0 saturated heterocycles. The summed E-state index contributed by atoms with van der Waals surface area (Å²) in [7, 11) is -3.59. The number of carbonyl (C=O) groups is 1. The number of rotatable bonds is 4. The van der Waals surface area contributed by atoms with Crippen molar-refractivity contribution in [1.82, 2.24) is 4.57 Å². The molecule has 1 N–H and O–H groups in total. The highest BCUT2D eigenvalue weighted by Crippen LogP contribution is 2.36. The Morgan fingerprint density at radius 1 is 1.23 bits per heavy atom. The van der Waals surface area contributed by atoms with Crippen LogP contribution in [-0.2, 0) is 14.8 Å². The molecule has 0 bridgehead atoms. The zero-order chi connectivity index (χ0) is 22.5. The molecule has 1 atom stereocenters. The van der Waals surface area contributed by atoms with Gasteiger partial charge >= 0.3 is 4.87 Å².